The molecular weight excluding hydrogens is 315 g/mol. The molecule has 0 aromatic heterocycles. The first-order valence-corrected chi connectivity index (χ1v) is 7.30. The monoisotopic (exact) mass is 324 g/mol. The summed E-state index contributed by atoms with van der Waals surface area (Å²) in [6.45, 7) is 0. The molecule has 0 aliphatic carbocycles. The van der Waals surface area contributed by atoms with E-state index in [4.69, 9.17) is 34.8 Å². The van der Waals surface area contributed by atoms with Gasteiger partial charge in [0.05, 0.1) is 16.8 Å². The Kier molecular flexibility index (Phi) is 3.88. The van der Waals surface area contributed by atoms with Gasteiger partial charge in [-0.2, -0.15) is 5.10 Å². The third-order valence-electron chi connectivity index (χ3n) is 3.28. The van der Waals surface area contributed by atoms with Gasteiger partial charge in [-0.05, 0) is 23.8 Å². The quantitative estimate of drug-likeness (QED) is 0.817. The Bertz CT molecular complexity index is 683. The summed E-state index contributed by atoms with van der Waals surface area (Å²) >= 11 is 18.3. The van der Waals surface area contributed by atoms with E-state index in [2.05, 4.69) is 10.5 Å². The van der Waals surface area contributed by atoms with Gasteiger partial charge in [0.25, 0.3) is 0 Å². The fourth-order valence-electron chi connectivity index (χ4n) is 2.27. The summed E-state index contributed by atoms with van der Waals surface area (Å²) in [4.78, 5) is 0. The number of hydrogen-bond acceptors (Lipinski definition) is 2. The highest BCUT2D eigenvalue weighted by Crippen LogP contribution is 2.31. The normalized spacial score (nSPS) is 17.8. The Morgan fingerprint density at radius 3 is 2.55 bits per heavy atom. The van der Waals surface area contributed by atoms with Gasteiger partial charge in [-0.1, -0.05) is 59.1 Å². The number of halogens is 3. The molecule has 0 bridgehead atoms. The molecule has 0 spiro atoms. The van der Waals surface area contributed by atoms with E-state index in [1.807, 2.05) is 36.4 Å². The number of hydrazone groups is 1. The SMILES string of the molecule is Clc1ccc(C2=NNC(c3ccccc3Cl)C2)c(Cl)c1. The number of benzene rings is 2. The molecule has 1 heterocycles. The zero-order valence-electron chi connectivity index (χ0n) is 10.4. The van der Waals surface area contributed by atoms with Gasteiger partial charge in [-0.3, -0.25) is 0 Å². The maximum atomic E-state index is 6.22. The van der Waals surface area contributed by atoms with Gasteiger partial charge in [-0.15, -0.1) is 0 Å². The molecule has 0 fully saturated rings. The highest BCUT2D eigenvalue weighted by atomic mass is 35.5. The molecule has 0 amide bonds. The number of rotatable bonds is 2. The van der Waals surface area contributed by atoms with Gasteiger partial charge in [0.1, 0.15) is 0 Å². The van der Waals surface area contributed by atoms with Gasteiger partial charge < -0.3 is 5.43 Å². The predicted octanol–water partition coefficient (Wildman–Crippen LogP) is 5.09. The standard InChI is InChI=1S/C15H11Cl3N2/c16-9-5-6-11(13(18)7-9)15-8-14(19-20-15)10-3-1-2-4-12(10)17/h1-7,14,19H,8H2. The highest BCUT2D eigenvalue weighted by Gasteiger charge is 2.24. The lowest BCUT2D eigenvalue weighted by Gasteiger charge is -2.11. The average molecular weight is 326 g/mol. The van der Waals surface area contributed by atoms with Crippen LogP contribution < -0.4 is 5.43 Å². The number of nitrogens with one attached hydrogen (secondary N) is 1. The van der Waals surface area contributed by atoms with E-state index < -0.39 is 0 Å². The van der Waals surface area contributed by atoms with Crippen LogP contribution >= 0.6 is 34.8 Å². The van der Waals surface area contributed by atoms with Crippen molar-refractivity contribution in [3.8, 4) is 0 Å². The average Bonchev–Trinajstić information content (AvgIpc) is 2.88. The summed E-state index contributed by atoms with van der Waals surface area (Å²) < 4.78 is 0. The van der Waals surface area contributed by atoms with Crippen molar-refractivity contribution in [3.63, 3.8) is 0 Å². The van der Waals surface area contributed by atoms with E-state index in [0.29, 0.717) is 10.0 Å². The molecule has 5 heteroatoms. The fraction of sp³-hybridized carbons (Fsp3) is 0.133. The van der Waals surface area contributed by atoms with Crippen molar-refractivity contribution >= 4 is 40.5 Å². The molecule has 0 saturated heterocycles. The van der Waals surface area contributed by atoms with Crippen LogP contribution in [0.2, 0.25) is 15.1 Å². The molecular formula is C15H11Cl3N2. The summed E-state index contributed by atoms with van der Waals surface area (Å²) in [7, 11) is 0. The van der Waals surface area contributed by atoms with Crippen LogP contribution in [0.1, 0.15) is 23.6 Å². The van der Waals surface area contributed by atoms with Gasteiger partial charge in [-0.25, -0.2) is 0 Å². The van der Waals surface area contributed by atoms with Gasteiger partial charge in [0, 0.05) is 22.0 Å². The topological polar surface area (TPSA) is 24.4 Å². The lowest BCUT2D eigenvalue weighted by atomic mass is 9.99. The molecule has 1 atom stereocenters. The molecule has 102 valence electrons. The predicted molar refractivity (Wildman–Crippen MR) is 84.9 cm³/mol. The second-order valence-corrected chi connectivity index (χ2v) is 5.84. The minimum Gasteiger partial charge on any atom is -0.302 e. The Balaban J connectivity index is 1.85. The number of hydrogen-bond donors (Lipinski definition) is 1. The second-order valence-electron chi connectivity index (χ2n) is 4.59. The summed E-state index contributed by atoms with van der Waals surface area (Å²) in [5.74, 6) is 0. The summed E-state index contributed by atoms with van der Waals surface area (Å²) in [6.07, 6.45) is 0.741. The first-order valence-electron chi connectivity index (χ1n) is 6.17. The minimum absolute atomic E-state index is 0.0745. The Labute approximate surface area is 132 Å². The zero-order chi connectivity index (χ0) is 14.1. The van der Waals surface area contributed by atoms with Crippen LogP contribution in [0.25, 0.3) is 0 Å². The van der Waals surface area contributed by atoms with Crippen molar-refractivity contribution in [2.24, 2.45) is 5.10 Å². The Morgan fingerprint density at radius 1 is 1.00 bits per heavy atom. The van der Waals surface area contributed by atoms with E-state index in [1.54, 1.807) is 6.07 Å². The Hall–Kier alpha value is -1.22. The molecule has 0 saturated carbocycles. The van der Waals surface area contributed by atoms with Crippen LogP contribution in [0.4, 0.5) is 0 Å². The highest BCUT2D eigenvalue weighted by molar-refractivity contribution is 6.37. The smallest absolute Gasteiger partial charge is 0.0760 e. The van der Waals surface area contributed by atoms with Crippen molar-refractivity contribution in [3.05, 3.63) is 68.7 Å². The van der Waals surface area contributed by atoms with Crippen LogP contribution in [-0.2, 0) is 0 Å². The number of nitrogens with zero attached hydrogens (tertiary/aromatic N) is 1. The van der Waals surface area contributed by atoms with Crippen LogP contribution in [-0.4, -0.2) is 5.71 Å². The maximum absolute atomic E-state index is 6.22. The summed E-state index contributed by atoms with van der Waals surface area (Å²) in [6, 6.07) is 13.3. The largest absolute Gasteiger partial charge is 0.302 e. The van der Waals surface area contributed by atoms with Gasteiger partial charge in [0.15, 0.2) is 0 Å². The van der Waals surface area contributed by atoms with E-state index >= 15 is 0 Å². The molecule has 1 N–H and O–H groups in total. The maximum Gasteiger partial charge on any atom is 0.0760 e. The van der Waals surface area contributed by atoms with Crippen molar-refractivity contribution in [2.45, 2.75) is 12.5 Å². The lowest BCUT2D eigenvalue weighted by molar-refractivity contribution is 0.620. The van der Waals surface area contributed by atoms with Crippen molar-refractivity contribution in [1.29, 1.82) is 0 Å². The molecule has 3 rings (SSSR count). The van der Waals surface area contributed by atoms with Crippen molar-refractivity contribution < 1.29 is 0 Å². The molecule has 1 unspecified atom stereocenters. The van der Waals surface area contributed by atoms with Crippen LogP contribution in [0, 0.1) is 0 Å². The lowest BCUT2D eigenvalue weighted by Crippen LogP contribution is -2.10. The Morgan fingerprint density at radius 2 is 1.80 bits per heavy atom. The van der Waals surface area contributed by atoms with Gasteiger partial charge in [0.2, 0.25) is 0 Å². The van der Waals surface area contributed by atoms with Crippen LogP contribution in [0.5, 0.6) is 0 Å². The van der Waals surface area contributed by atoms with E-state index in [9.17, 15) is 0 Å². The second kappa shape index (κ2) is 5.65. The van der Waals surface area contributed by atoms with E-state index in [1.165, 1.54) is 0 Å². The molecule has 2 aromatic carbocycles. The van der Waals surface area contributed by atoms with Crippen LogP contribution in [0.3, 0.4) is 0 Å². The molecule has 1 aliphatic rings. The third kappa shape index (κ3) is 2.64. The molecule has 0 radical (unpaired) electrons. The minimum atomic E-state index is 0.0745. The van der Waals surface area contributed by atoms with Gasteiger partial charge >= 0.3 is 0 Å². The zero-order valence-corrected chi connectivity index (χ0v) is 12.7. The van der Waals surface area contributed by atoms with E-state index in [-0.39, 0.29) is 6.04 Å². The molecule has 1 aliphatic heterocycles. The summed E-state index contributed by atoms with van der Waals surface area (Å²) in [5.41, 5.74) is 5.97. The van der Waals surface area contributed by atoms with Crippen molar-refractivity contribution in [2.75, 3.05) is 0 Å². The van der Waals surface area contributed by atoms with Crippen LogP contribution in [0.15, 0.2) is 47.6 Å². The summed E-state index contributed by atoms with van der Waals surface area (Å²) in [5, 5.41) is 6.34. The first kappa shape index (κ1) is 13.7. The molecule has 20 heavy (non-hydrogen) atoms. The van der Waals surface area contributed by atoms with Crippen molar-refractivity contribution in [1.82, 2.24) is 5.43 Å². The molecule has 2 nitrogen and oxygen atoms in total. The van der Waals surface area contributed by atoms with E-state index in [0.717, 1.165) is 28.3 Å². The third-order valence-corrected chi connectivity index (χ3v) is 4.17. The molecule has 2 aromatic rings. The first-order chi connectivity index (χ1) is 9.65. The fourth-order valence-corrected chi connectivity index (χ4v) is 3.06.